The van der Waals surface area contributed by atoms with E-state index in [0.29, 0.717) is 36.1 Å². The molecular formula is C16H15ClFN3O. The molecule has 0 saturated heterocycles. The van der Waals surface area contributed by atoms with Crippen LogP contribution in [0.5, 0.6) is 0 Å². The largest absolute Gasteiger partial charge is 0.383 e. The number of pyridine rings is 1. The predicted molar refractivity (Wildman–Crippen MR) is 83.3 cm³/mol. The number of nitriles is 1. The van der Waals surface area contributed by atoms with Crippen molar-refractivity contribution in [2.24, 2.45) is 0 Å². The second kappa shape index (κ2) is 7.74. The second-order valence-corrected chi connectivity index (χ2v) is 5.04. The lowest BCUT2D eigenvalue weighted by molar-refractivity contribution is 0.205. The van der Waals surface area contributed by atoms with Gasteiger partial charge in [-0.2, -0.15) is 5.26 Å². The zero-order valence-electron chi connectivity index (χ0n) is 12.1. The van der Waals surface area contributed by atoms with E-state index < -0.39 is 0 Å². The van der Waals surface area contributed by atoms with E-state index in [2.05, 4.69) is 11.1 Å². The van der Waals surface area contributed by atoms with E-state index in [-0.39, 0.29) is 5.82 Å². The van der Waals surface area contributed by atoms with Gasteiger partial charge in [-0.1, -0.05) is 17.7 Å². The molecule has 0 atom stereocenters. The van der Waals surface area contributed by atoms with Crippen LogP contribution in [0.25, 0.3) is 0 Å². The number of ether oxygens (including phenoxy) is 1. The summed E-state index contributed by atoms with van der Waals surface area (Å²) >= 11 is 6.09. The zero-order chi connectivity index (χ0) is 15.9. The number of benzene rings is 1. The lowest BCUT2D eigenvalue weighted by Crippen LogP contribution is -2.28. The van der Waals surface area contributed by atoms with Crippen LogP contribution in [0.3, 0.4) is 0 Å². The predicted octanol–water partition coefficient (Wildman–Crippen LogP) is 3.40. The van der Waals surface area contributed by atoms with E-state index in [1.165, 1.54) is 12.1 Å². The Morgan fingerprint density at radius 3 is 2.91 bits per heavy atom. The zero-order valence-corrected chi connectivity index (χ0v) is 12.8. The number of rotatable bonds is 6. The molecule has 6 heteroatoms. The number of nitrogens with zero attached hydrogens (tertiary/aromatic N) is 3. The summed E-state index contributed by atoms with van der Waals surface area (Å²) in [5.74, 6) is 0.176. The lowest BCUT2D eigenvalue weighted by Gasteiger charge is -2.24. The molecule has 0 aliphatic carbocycles. The van der Waals surface area contributed by atoms with Gasteiger partial charge in [-0.25, -0.2) is 9.37 Å². The molecule has 4 nitrogen and oxygen atoms in total. The Bertz CT molecular complexity index is 687. The van der Waals surface area contributed by atoms with Crippen LogP contribution < -0.4 is 4.90 Å². The van der Waals surface area contributed by atoms with E-state index in [0.717, 1.165) is 5.56 Å². The maximum Gasteiger partial charge on any atom is 0.146 e. The molecule has 0 fully saturated rings. The third-order valence-electron chi connectivity index (χ3n) is 3.15. The molecule has 114 valence electrons. The van der Waals surface area contributed by atoms with Crippen LogP contribution >= 0.6 is 11.6 Å². The van der Waals surface area contributed by atoms with Gasteiger partial charge < -0.3 is 9.64 Å². The number of hydrogen-bond donors (Lipinski definition) is 0. The SMILES string of the molecule is COCCN(Cc1ccc(F)cc1Cl)c1ncccc1C#N. The molecule has 0 spiro atoms. The normalized spacial score (nSPS) is 10.3. The summed E-state index contributed by atoms with van der Waals surface area (Å²) in [5.41, 5.74) is 1.23. The number of hydrogen-bond acceptors (Lipinski definition) is 4. The topological polar surface area (TPSA) is 49.1 Å². The molecule has 2 rings (SSSR count). The van der Waals surface area contributed by atoms with Gasteiger partial charge >= 0.3 is 0 Å². The van der Waals surface area contributed by atoms with Gasteiger partial charge in [0.1, 0.15) is 17.7 Å². The summed E-state index contributed by atoms with van der Waals surface area (Å²) in [7, 11) is 1.60. The van der Waals surface area contributed by atoms with E-state index in [1.807, 2.05) is 4.90 Å². The van der Waals surface area contributed by atoms with Crippen LogP contribution in [0.1, 0.15) is 11.1 Å². The summed E-state index contributed by atoms with van der Waals surface area (Å²) in [6.45, 7) is 1.42. The molecule has 0 aliphatic heterocycles. The molecule has 0 saturated carbocycles. The Balaban J connectivity index is 2.32. The van der Waals surface area contributed by atoms with Crippen molar-refractivity contribution in [1.82, 2.24) is 4.98 Å². The average Bonchev–Trinajstić information content (AvgIpc) is 2.53. The quantitative estimate of drug-likeness (QED) is 0.819. The van der Waals surface area contributed by atoms with Gasteiger partial charge in [-0.05, 0) is 29.8 Å². The monoisotopic (exact) mass is 319 g/mol. The molecule has 2 aromatic rings. The number of halogens is 2. The lowest BCUT2D eigenvalue weighted by atomic mass is 10.2. The van der Waals surface area contributed by atoms with Crippen LogP contribution in [0.2, 0.25) is 5.02 Å². The van der Waals surface area contributed by atoms with Gasteiger partial charge in [-0.3, -0.25) is 0 Å². The minimum Gasteiger partial charge on any atom is -0.383 e. The van der Waals surface area contributed by atoms with Crippen LogP contribution in [0, 0.1) is 17.1 Å². The molecular weight excluding hydrogens is 305 g/mol. The summed E-state index contributed by atoms with van der Waals surface area (Å²) in [4.78, 5) is 6.17. The highest BCUT2D eigenvalue weighted by molar-refractivity contribution is 6.31. The van der Waals surface area contributed by atoms with Crippen LogP contribution in [0.15, 0.2) is 36.5 Å². The van der Waals surface area contributed by atoms with Crippen molar-refractivity contribution in [3.8, 4) is 6.07 Å². The summed E-state index contributed by atoms with van der Waals surface area (Å²) in [6, 6.07) is 9.80. The van der Waals surface area contributed by atoms with E-state index in [9.17, 15) is 9.65 Å². The van der Waals surface area contributed by atoms with Gasteiger partial charge in [-0.15, -0.1) is 0 Å². The van der Waals surface area contributed by atoms with Gasteiger partial charge in [0.05, 0.1) is 12.2 Å². The van der Waals surface area contributed by atoms with Crippen molar-refractivity contribution < 1.29 is 9.13 Å². The van der Waals surface area contributed by atoms with Gasteiger partial charge in [0.25, 0.3) is 0 Å². The molecule has 1 aromatic heterocycles. The number of aromatic nitrogens is 1. The Hall–Kier alpha value is -2.16. The minimum atomic E-state index is -0.382. The molecule has 22 heavy (non-hydrogen) atoms. The standard InChI is InChI=1S/C16H15ClFN3O/c1-22-8-7-21(16-12(10-19)3-2-6-20-16)11-13-4-5-14(18)9-15(13)17/h2-6,9H,7-8,11H2,1H3. The smallest absolute Gasteiger partial charge is 0.146 e. The van der Waals surface area contributed by atoms with E-state index in [4.69, 9.17) is 16.3 Å². The first-order valence-corrected chi connectivity index (χ1v) is 7.06. The van der Waals surface area contributed by atoms with E-state index >= 15 is 0 Å². The third-order valence-corrected chi connectivity index (χ3v) is 3.50. The average molecular weight is 320 g/mol. The minimum absolute atomic E-state index is 0.344. The summed E-state index contributed by atoms with van der Waals surface area (Å²) in [5, 5.41) is 9.57. The molecule has 1 aromatic carbocycles. The third kappa shape index (κ3) is 3.94. The first-order valence-electron chi connectivity index (χ1n) is 6.68. The van der Waals surface area contributed by atoms with Crippen molar-refractivity contribution in [1.29, 1.82) is 5.26 Å². The van der Waals surface area contributed by atoms with Crippen molar-refractivity contribution in [2.45, 2.75) is 6.54 Å². The maximum atomic E-state index is 13.2. The molecule has 1 heterocycles. The van der Waals surface area contributed by atoms with Gasteiger partial charge in [0, 0.05) is 31.4 Å². The molecule has 0 N–H and O–H groups in total. The van der Waals surface area contributed by atoms with Gasteiger partial charge in [0.15, 0.2) is 0 Å². The van der Waals surface area contributed by atoms with Crippen molar-refractivity contribution in [3.05, 3.63) is 58.5 Å². The number of anilines is 1. The van der Waals surface area contributed by atoms with Crippen LogP contribution in [-0.2, 0) is 11.3 Å². The number of methoxy groups -OCH3 is 1. The maximum absolute atomic E-state index is 13.2. The Kier molecular flexibility index (Phi) is 5.70. The fourth-order valence-electron chi connectivity index (χ4n) is 2.05. The molecule has 0 bridgehead atoms. The van der Waals surface area contributed by atoms with Crippen molar-refractivity contribution >= 4 is 17.4 Å². The molecule has 0 amide bonds. The van der Waals surface area contributed by atoms with E-state index in [1.54, 1.807) is 31.5 Å². The fourth-order valence-corrected chi connectivity index (χ4v) is 2.28. The summed E-state index contributed by atoms with van der Waals surface area (Å²) < 4.78 is 18.3. The molecule has 0 radical (unpaired) electrons. The first-order chi connectivity index (χ1) is 10.7. The van der Waals surface area contributed by atoms with Crippen LogP contribution in [-0.4, -0.2) is 25.2 Å². The molecule has 0 unspecified atom stereocenters. The molecule has 0 aliphatic rings. The fraction of sp³-hybridized carbons (Fsp3) is 0.250. The Morgan fingerprint density at radius 2 is 2.23 bits per heavy atom. The Labute approximate surface area is 133 Å². The van der Waals surface area contributed by atoms with Crippen LogP contribution in [0.4, 0.5) is 10.2 Å². The first kappa shape index (κ1) is 16.2. The Morgan fingerprint density at radius 1 is 1.41 bits per heavy atom. The van der Waals surface area contributed by atoms with Crippen molar-refractivity contribution in [2.75, 3.05) is 25.2 Å². The van der Waals surface area contributed by atoms with Gasteiger partial charge in [0.2, 0.25) is 0 Å². The van der Waals surface area contributed by atoms with Crippen molar-refractivity contribution in [3.63, 3.8) is 0 Å². The second-order valence-electron chi connectivity index (χ2n) is 4.64. The highest BCUT2D eigenvalue weighted by atomic mass is 35.5. The summed E-state index contributed by atoms with van der Waals surface area (Å²) in [6.07, 6.45) is 1.63. The highest BCUT2D eigenvalue weighted by Crippen LogP contribution is 2.23. The highest BCUT2D eigenvalue weighted by Gasteiger charge is 2.14.